The van der Waals surface area contributed by atoms with E-state index >= 15 is 0 Å². The van der Waals surface area contributed by atoms with Gasteiger partial charge in [-0.05, 0) is 13.0 Å². The van der Waals surface area contributed by atoms with E-state index in [1.165, 1.54) is 11.6 Å². The number of esters is 1. The van der Waals surface area contributed by atoms with Crippen LogP contribution in [0.3, 0.4) is 0 Å². The lowest BCUT2D eigenvalue weighted by Crippen LogP contribution is -2.43. The Hall–Kier alpha value is -3.29. The highest BCUT2D eigenvalue weighted by Gasteiger charge is 2.42. The fourth-order valence-electron chi connectivity index (χ4n) is 3.70. The first-order valence-electron chi connectivity index (χ1n) is 8.64. The summed E-state index contributed by atoms with van der Waals surface area (Å²) in [6.07, 6.45) is 0. The van der Waals surface area contributed by atoms with Crippen molar-refractivity contribution in [2.45, 2.75) is 12.8 Å². The molecule has 27 heavy (non-hydrogen) atoms. The largest absolute Gasteiger partial charge is 0.494 e. The van der Waals surface area contributed by atoms with Crippen LogP contribution in [0, 0.1) is 0 Å². The lowest BCUT2D eigenvalue weighted by Gasteiger charge is -2.29. The third-order valence-corrected chi connectivity index (χ3v) is 4.97. The van der Waals surface area contributed by atoms with E-state index in [-0.39, 0.29) is 6.61 Å². The van der Waals surface area contributed by atoms with E-state index in [4.69, 9.17) is 9.47 Å². The molecular formula is C19H19N3O5. The Morgan fingerprint density at radius 2 is 1.93 bits per heavy atom. The number of nitrogens with one attached hydrogen (secondary N) is 1. The van der Waals surface area contributed by atoms with Crippen LogP contribution in [0.15, 0.2) is 45.1 Å². The van der Waals surface area contributed by atoms with Crippen molar-refractivity contribution in [3.63, 3.8) is 0 Å². The number of ether oxygens (including phenoxy) is 2. The van der Waals surface area contributed by atoms with E-state index < -0.39 is 23.1 Å². The SMILES string of the molecule is CCOc1ccccc1[C@@H]1C2=C(COC2=O)Nc2c1c(=O)n(C)c(=O)n2C. The van der Waals surface area contributed by atoms with Gasteiger partial charge in [-0.3, -0.25) is 13.9 Å². The molecule has 2 aromatic rings. The number of carbonyl (C=O) groups is 1. The molecule has 1 N–H and O–H groups in total. The molecule has 3 heterocycles. The molecule has 0 spiro atoms. The average molecular weight is 369 g/mol. The van der Waals surface area contributed by atoms with E-state index in [2.05, 4.69) is 5.32 Å². The van der Waals surface area contributed by atoms with Gasteiger partial charge >= 0.3 is 11.7 Å². The van der Waals surface area contributed by atoms with Crippen LogP contribution in [0.1, 0.15) is 24.0 Å². The summed E-state index contributed by atoms with van der Waals surface area (Å²) in [5, 5.41) is 3.06. The molecule has 0 saturated carbocycles. The molecule has 0 radical (unpaired) electrons. The maximum absolute atomic E-state index is 13.0. The molecule has 140 valence electrons. The van der Waals surface area contributed by atoms with Crippen molar-refractivity contribution in [3.05, 3.63) is 67.5 Å². The van der Waals surface area contributed by atoms with Crippen molar-refractivity contribution < 1.29 is 14.3 Å². The Morgan fingerprint density at radius 3 is 2.67 bits per heavy atom. The number of aromatic nitrogens is 2. The Kier molecular flexibility index (Phi) is 3.91. The van der Waals surface area contributed by atoms with Gasteiger partial charge in [0.15, 0.2) is 0 Å². The molecule has 0 bridgehead atoms. The number of hydrogen-bond acceptors (Lipinski definition) is 6. The highest BCUT2D eigenvalue weighted by Crippen LogP contribution is 2.44. The highest BCUT2D eigenvalue weighted by atomic mass is 16.5. The Balaban J connectivity index is 2.08. The van der Waals surface area contributed by atoms with Crippen LogP contribution in [0.4, 0.5) is 5.82 Å². The second kappa shape index (κ2) is 6.15. The zero-order valence-electron chi connectivity index (χ0n) is 15.2. The zero-order chi connectivity index (χ0) is 19.3. The number of cyclic esters (lactones) is 1. The van der Waals surface area contributed by atoms with Gasteiger partial charge in [0.1, 0.15) is 18.2 Å². The van der Waals surface area contributed by atoms with Gasteiger partial charge in [0.2, 0.25) is 0 Å². The number of nitrogens with zero attached hydrogens (tertiary/aromatic N) is 2. The van der Waals surface area contributed by atoms with Crippen LogP contribution < -0.4 is 21.3 Å². The van der Waals surface area contributed by atoms with Gasteiger partial charge in [-0.15, -0.1) is 0 Å². The van der Waals surface area contributed by atoms with E-state index in [1.807, 2.05) is 25.1 Å². The molecule has 0 fully saturated rings. The predicted molar refractivity (Wildman–Crippen MR) is 98.0 cm³/mol. The minimum absolute atomic E-state index is 0.0737. The van der Waals surface area contributed by atoms with Crippen molar-refractivity contribution in [2.75, 3.05) is 18.5 Å². The molecule has 0 saturated heterocycles. The van der Waals surface area contributed by atoms with Crippen LogP contribution >= 0.6 is 0 Å². The van der Waals surface area contributed by atoms with E-state index in [9.17, 15) is 14.4 Å². The normalized spacial score (nSPS) is 17.9. The fraction of sp³-hybridized carbons (Fsp3) is 0.316. The lowest BCUT2D eigenvalue weighted by molar-refractivity contribution is -0.136. The summed E-state index contributed by atoms with van der Waals surface area (Å²) in [4.78, 5) is 37.9. The number of para-hydroxylation sites is 1. The third-order valence-electron chi connectivity index (χ3n) is 4.97. The van der Waals surface area contributed by atoms with E-state index in [1.54, 1.807) is 13.1 Å². The molecule has 0 aliphatic carbocycles. The summed E-state index contributed by atoms with van der Waals surface area (Å²) in [6, 6.07) is 7.28. The molecule has 8 nitrogen and oxygen atoms in total. The van der Waals surface area contributed by atoms with Crippen LogP contribution in [-0.2, 0) is 23.6 Å². The minimum atomic E-state index is -0.681. The molecule has 4 rings (SSSR count). The second-order valence-electron chi connectivity index (χ2n) is 6.47. The van der Waals surface area contributed by atoms with Gasteiger partial charge < -0.3 is 14.8 Å². The van der Waals surface area contributed by atoms with Crippen molar-refractivity contribution in [2.24, 2.45) is 14.1 Å². The van der Waals surface area contributed by atoms with Crippen LogP contribution in [0.5, 0.6) is 5.75 Å². The average Bonchev–Trinajstić information content (AvgIpc) is 3.05. The summed E-state index contributed by atoms with van der Waals surface area (Å²) < 4.78 is 13.4. The fourth-order valence-corrected chi connectivity index (χ4v) is 3.70. The molecule has 2 aliphatic rings. The highest BCUT2D eigenvalue weighted by molar-refractivity contribution is 5.97. The molecule has 0 unspecified atom stereocenters. The zero-order valence-corrected chi connectivity index (χ0v) is 15.2. The predicted octanol–water partition coefficient (Wildman–Crippen LogP) is 0.851. The number of anilines is 1. The maximum Gasteiger partial charge on any atom is 0.337 e. The second-order valence-corrected chi connectivity index (χ2v) is 6.47. The van der Waals surface area contributed by atoms with Crippen LogP contribution in [-0.4, -0.2) is 28.3 Å². The van der Waals surface area contributed by atoms with Gasteiger partial charge in [0.05, 0.1) is 29.4 Å². The minimum Gasteiger partial charge on any atom is -0.494 e. The van der Waals surface area contributed by atoms with Crippen molar-refractivity contribution >= 4 is 11.8 Å². The Morgan fingerprint density at radius 1 is 1.19 bits per heavy atom. The number of carbonyl (C=O) groups excluding carboxylic acids is 1. The van der Waals surface area contributed by atoms with Crippen LogP contribution in [0.25, 0.3) is 0 Å². The quantitative estimate of drug-likeness (QED) is 0.807. The number of rotatable bonds is 3. The molecule has 0 amide bonds. The first-order valence-corrected chi connectivity index (χ1v) is 8.64. The summed E-state index contributed by atoms with van der Waals surface area (Å²) in [5.74, 6) is -0.202. The monoisotopic (exact) mass is 369 g/mol. The lowest BCUT2D eigenvalue weighted by atomic mass is 9.82. The molecule has 1 aromatic heterocycles. The number of benzene rings is 1. The smallest absolute Gasteiger partial charge is 0.337 e. The summed E-state index contributed by atoms with van der Waals surface area (Å²) in [6.45, 7) is 2.38. The molecule has 1 atom stereocenters. The van der Waals surface area contributed by atoms with E-state index in [0.29, 0.717) is 40.6 Å². The molecule has 8 heteroatoms. The van der Waals surface area contributed by atoms with Crippen molar-refractivity contribution in [1.29, 1.82) is 0 Å². The molecule has 1 aromatic carbocycles. The van der Waals surface area contributed by atoms with Crippen molar-refractivity contribution in [3.8, 4) is 5.75 Å². The first kappa shape index (κ1) is 17.1. The molecular weight excluding hydrogens is 350 g/mol. The third kappa shape index (κ3) is 2.40. The Labute approximate surface area is 154 Å². The maximum atomic E-state index is 13.0. The first-order chi connectivity index (χ1) is 13.0. The number of fused-ring (bicyclic) bond motifs is 1. The summed E-state index contributed by atoms with van der Waals surface area (Å²) >= 11 is 0. The Bertz CT molecular complexity index is 1110. The number of hydrogen-bond donors (Lipinski definition) is 1. The molecule has 2 aliphatic heterocycles. The van der Waals surface area contributed by atoms with Gasteiger partial charge in [-0.2, -0.15) is 0 Å². The van der Waals surface area contributed by atoms with Gasteiger partial charge in [0.25, 0.3) is 5.56 Å². The summed E-state index contributed by atoms with van der Waals surface area (Å²) in [7, 11) is 3.01. The summed E-state index contributed by atoms with van der Waals surface area (Å²) in [5.41, 5.74) is 1.05. The standard InChI is InChI=1S/C19H19N3O5/c1-4-26-12-8-6-5-7-10(12)13-14-11(9-27-18(14)24)20-16-15(13)17(23)22(3)19(25)21(16)2/h5-8,13,20H,4,9H2,1-3H3/t13-/m1/s1. The van der Waals surface area contributed by atoms with Crippen LogP contribution in [0.2, 0.25) is 0 Å². The topological polar surface area (TPSA) is 91.6 Å². The van der Waals surface area contributed by atoms with E-state index in [0.717, 1.165) is 4.57 Å². The van der Waals surface area contributed by atoms with Crippen molar-refractivity contribution in [1.82, 2.24) is 9.13 Å². The van der Waals surface area contributed by atoms with Gasteiger partial charge in [-0.25, -0.2) is 9.59 Å². The van der Waals surface area contributed by atoms with Gasteiger partial charge in [-0.1, -0.05) is 18.2 Å². The van der Waals surface area contributed by atoms with Gasteiger partial charge in [0, 0.05) is 19.7 Å².